The second kappa shape index (κ2) is 6.19. The molecule has 0 radical (unpaired) electrons. The number of hydrogen-bond acceptors (Lipinski definition) is 3. The average Bonchev–Trinajstić information content (AvgIpc) is 2.59. The average molecular weight is 261 g/mol. The van der Waals surface area contributed by atoms with Gasteiger partial charge in [-0.15, -0.1) is 0 Å². The summed E-state index contributed by atoms with van der Waals surface area (Å²) in [5, 5.41) is 3.28. The van der Waals surface area contributed by atoms with E-state index in [1.165, 1.54) is 0 Å². The number of hydrogen-bond donors (Lipinski definition) is 1. The Morgan fingerprint density at radius 1 is 1.29 bits per heavy atom. The molecule has 1 aliphatic carbocycles. The molecule has 4 heteroatoms. The molecular formula is C13H27NO2S. The van der Waals surface area contributed by atoms with Gasteiger partial charge in [0.2, 0.25) is 0 Å². The first-order valence-corrected chi connectivity index (χ1v) is 8.55. The van der Waals surface area contributed by atoms with Crippen LogP contribution in [0.5, 0.6) is 0 Å². The van der Waals surface area contributed by atoms with E-state index in [0.29, 0.717) is 17.7 Å². The molecule has 1 rings (SSSR count). The van der Waals surface area contributed by atoms with Crippen LogP contribution in [0, 0.1) is 11.8 Å². The van der Waals surface area contributed by atoms with Crippen molar-refractivity contribution in [1.82, 2.24) is 5.32 Å². The molecule has 0 aliphatic heterocycles. The Hall–Kier alpha value is -0.0900. The van der Waals surface area contributed by atoms with Crippen LogP contribution in [0.2, 0.25) is 0 Å². The molecule has 0 saturated heterocycles. The summed E-state index contributed by atoms with van der Waals surface area (Å²) in [6.45, 7) is 9.24. The minimum absolute atomic E-state index is 0.120. The van der Waals surface area contributed by atoms with Crippen LogP contribution < -0.4 is 5.32 Å². The zero-order valence-electron chi connectivity index (χ0n) is 11.6. The van der Waals surface area contributed by atoms with Crippen LogP contribution in [0.15, 0.2) is 0 Å². The van der Waals surface area contributed by atoms with E-state index in [1.807, 2.05) is 0 Å². The van der Waals surface area contributed by atoms with Crippen molar-refractivity contribution in [1.29, 1.82) is 0 Å². The van der Waals surface area contributed by atoms with Crippen molar-refractivity contribution in [3.8, 4) is 0 Å². The van der Waals surface area contributed by atoms with Gasteiger partial charge in [-0.1, -0.05) is 27.7 Å². The third kappa shape index (κ3) is 3.95. The van der Waals surface area contributed by atoms with Gasteiger partial charge in [0.25, 0.3) is 0 Å². The van der Waals surface area contributed by atoms with Crippen molar-refractivity contribution >= 4 is 9.84 Å². The topological polar surface area (TPSA) is 46.2 Å². The maximum Gasteiger partial charge on any atom is 0.153 e. The zero-order valence-corrected chi connectivity index (χ0v) is 12.4. The van der Waals surface area contributed by atoms with E-state index >= 15 is 0 Å². The van der Waals surface area contributed by atoms with Crippen LogP contribution in [-0.2, 0) is 9.84 Å². The quantitative estimate of drug-likeness (QED) is 0.797. The molecule has 3 nitrogen and oxygen atoms in total. The smallest absolute Gasteiger partial charge is 0.153 e. The summed E-state index contributed by atoms with van der Waals surface area (Å²) < 4.78 is 24.5. The first-order chi connectivity index (χ1) is 7.88. The fourth-order valence-corrected chi connectivity index (χ4v) is 5.18. The molecule has 0 amide bonds. The van der Waals surface area contributed by atoms with Crippen molar-refractivity contribution < 1.29 is 8.42 Å². The highest BCUT2D eigenvalue weighted by atomic mass is 32.2. The minimum Gasteiger partial charge on any atom is -0.314 e. The molecule has 1 saturated carbocycles. The molecule has 3 atom stereocenters. The molecule has 1 N–H and O–H groups in total. The van der Waals surface area contributed by atoms with E-state index < -0.39 is 9.84 Å². The standard InChI is InChI=1S/C13H27NO2S/c1-5-14-12-6-7-13(11(12)4)17(15,16)9-8-10(2)3/h10-14H,5-9H2,1-4H3. The maximum absolute atomic E-state index is 12.3. The molecule has 0 spiro atoms. The molecule has 0 aromatic heterocycles. The minimum atomic E-state index is -2.90. The molecule has 0 aromatic carbocycles. The lowest BCUT2D eigenvalue weighted by Crippen LogP contribution is -2.37. The molecule has 0 aromatic rings. The van der Waals surface area contributed by atoms with E-state index in [0.717, 1.165) is 25.8 Å². The monoisotopic (exact) mass is 261 g/mol. The highest BCUT2D eigenvalue weighted by Gasteiger charge is 2.39. The Kier molecular flexibility index (Phi) is 5.45. The van der Waals surface area contributed by atoms with Crippen LogP contribution in [-0.4, -0.2) is 32.0 Å². The number of nitrogens with one attached hydrogen (secondary N) is 1. The van der Waals surface area contributed by atoms with Crippen molar-refractivity contribution in [3.63, 3.8) is 0 Å². The van der Waals surface area contributed by atoms with Gasteiger partial charge >= 0.3 is 0 Å². The van der Waals surface area contributed by atoms with Crippen LogP contribution in [0.1, 0.15) is 47.0 Å². The summed E-state index contributed by atoms with van der Waals surface area (Å²) in [6.07, 6.45) is 2.62. The van der Waals surface area contributed by atoms with Gasteiger partial charge in [-0.2, -0.15) is 0 Å². The van der Waals surface area contributed by atoms with Crippen molar-refractivity contribution in [2.75, 3.05) is 12.3 Å². The Labute approximate surface area is 106 Å². The van der Waals surface area contributed by atoms with Gasteiger partial charge in [-0.3, -0.25) is 0 Å². The van der Waals surface area contributed by atoms with Gasteiger partial charge in [0.05, 0.1) is 11.0 Å². The van der Waals surface area contributed by atoms with E-state index in [2.05, 4.69) is 33.0 Å². The summed E-state index contributed by atoms with van der Waals surface area (Å²) in [6, 6.07) is 0.388. The molecule has 17 heavy (non-hydrogen) atoms. The van der Waals surface area contributed by atoms with Crippen molar-refractivity contribution in [3.05, 3.63) is 0 Å². The summed E-state index contributed by atoms with van der Waals surface area (Å²) in [5.41, 5.74) is 0. The zero-order chi connectivity index (χ0) is 13.1. The van der Waals surface area contributed by atoms with Crippen molar-refractivity contribution in [2.45, 2.75) is 58.2 Å². The van der Waals surface area contributed by atoms with Crippen LogP contribution in [0.3, 0.4) is 0 Å². The lowest BCUT2D eigenvalue weighted by Gasteiger charge is -2.21. The molecule has 102 valence electrons. The Morgan fingerprint density at radius 3 is 2.47 bits per heavy atom. The van der Waals surface area contributed by atoms with E-state index in [1.54, 1.807) is 0 Å². The fourth-order valence-electron chi connectivity index (χ4n) is 2.74. The van der Waals surface area contributed by atoms with Crippen LogP contribution in [0.4, 0.5) is 0 Å². The Morgan fingerprint density at radius 2 is 1.94 bits per heavy atom. The second-order valence-corrected chi connectivity index (χ2v) is 8.03. The second-order valence-electron chi connectivity index (χ2n) is 5.69. The van der Waals surface area contributed by atoms with Gasteiger partial charge in [0.1, 0.15) is 0 Å². The molecule has 3 unspecified atom stereocenters. The summed E-state index contributed by atoms with van der Waals surface area (Å²) in [4.78, 5) is 0. The third-order valence-corrected chi connectivity index (χ3v) is 6.28. The molecule has 1 fully saturated rings. The molecule has 1 aliphatic rings. The van der Waals surface area contributed by atoms with E-state index in [4.69, 9.17) is 0 Å². The normalized spacial score (nSPS) is 30.1. The lowest BCUT2D eigenvalue weighted by atomic mass is 10.1. The maximum atomic E-state index is 12.3. The SMILES string of the molecule is CCNC1CCC(S(=O)(=O)CCC(C)C)C1C. The van der Waals surface area contributed by atoms with Crippen LogP contribution >= 0.6 is 0 Å². The van der Waals surface area contributed by atoms with Gasteiger partial charge in [0.15, 0.2) is 9.84 Å². The Bertz CT molecular complexity index is 324. The van der Waals surface area contributed by atoms with E-state index in [9.17, 15) is 8.42 Å². The predicted octanol–water partition coefficient (Wildman–Crippen LogP) is 2.22. The van der Waals surface area contributed by atoms with Crippen molar-refractivity contribution in [2.24, 2.45) is 11.8 Å². The van der Waals surface area contributed by atoms with E-state index in [-0.39, 0.29) is 11.2 Å². The third-order valence-electron chi connectivity index (χ3n) is 3.89. The summed E-state index contributed by atoms with van der Waals surface area (Å²) >= 11 is 0. The van der Waals surface area contributed by atoms with Gasteiger partial charge < -0.3 is 5.32 Å². The summed E-state index contributed by atoms with van der Waals surface area (Å²) in [7, 11) is -2.90. The van der Waals surface area contributed by atoms with Gasteiger partial charge in [0, 0.05) is 6.04 Å². The number of rotatable bonds is 6. The lowest BCUT2D eigenvalue weighted by molar-refractivity contribution is 0.433. The fraction of sp³-hybridized carbons (Fsp3) is 1.00. The first kappa shape index (κ1) is 15.0. The molecule has 0 heterocycles. The largest absolute Gasteiger partial charge is 0.314 e. The first-order valence-electron chi connectivity index (χ1n) is 6.83. The highest BCUT2D eigenvalue weighted by molar-refractivity contribution is 7.92. The predicted molar refractivity (Wildman–Crippen MR) is 72.9 cm³/mol. The highest BCUT2D eigenvalue weighted by Crippen LogP contribution is 2.32. The number of sulfone groups is 1. The molecular weight excluding hydrogens is 234 g/mol. The van der Waals surface area contributed by atoms with Crippen LogP contribution in [0.25, 0.3) is 0 Å². The molecule has 0 bridgehead atoms. The Balaban J connectivity index is 2.61. The summed E-state index contributed by atoms with van der Waals surface area (Å²) in [5.74, 6) is 1.08. The van der Waals surface area contributed by atoms with Gasteiger partial charge in [-0.05, 0) is 37.6 Å². The van der Waals surface area contributed by atoms with Gasteiger partial charge in [-0.25, -0.2) is 8.42 Å².